The first-order chi connectivity index (χ1) is 11.6. The second kappa shape index (κ2) is 5.76. The Morgan fingerprint density at radius 2 is 1.83 bits per heavy atom. The van der Waals surface area contributed by atoms with Crippen molar-refractivity contribution in [3.05, 3.63) is 54.1 Å². The average molecular weight is 321 g/mol. The molecule has 1 aromatic heterocycles. The van der Waals surface area contributed by atoms with E-state index in [0.717, 1.165) is 27.9 Å². The highest BCUT2D eigenvalue weighted by Crippen LogP contribution is 2.28. The van der Waals surface area contributed by atoms with E-state index >= 15 is 0 Å². The summed E-state index contributed by atoms with van der Waals surface area (Å²) >= 11 is 0. The van der Waals surface area contributed by atoms with E-state index in [0.29, 0.717) is 5.89 Å². The molecule has 0 amide bonds. The van der Waals surface area contributed by atoms with Crippen molar-refractivity contribution in [3.63, 3.8) is 0 Å². The van der Waals surface area contributed by atoms with Crippen LogP contribution in [0.5, 0.6) is 0 Å². The molecule has 0 bridgehead atoms. The van der Waals surface area contributed by atoms with Crippen LogP contribution in [0.2, 0.25) is 0 Å². The topological polar surface area (TPSA) is 70.7 Å². The lowest BCUT2D eigenvalue weighted by Gasteiger charge is -2.31. The first kappa shape index (κ1) is 14.9. The zero-order chi connectivity index (χ0) is 16.7. The highest BCUT2D eigenvalue weighted by atomic mass is 16.3. The number of oxazole rings is 1. The fraction of sp³-hybridized carbons (Fsp3) is 0.263. The van der Waals surface area contributed by atoms with Gasteiger partial charge in [0.2, 0.25) is 5.89 Å². The monoisotopic (exact) mass is 321 g/mol. The number of aromatic nitrogens is 1. The minimum absolute atomic E-state index is 0.0859. The molecule has 3 aromatic rings. The van der Waals surface area contributed by atoms with E-state index in [1.165, 1.54) is 0 Å². The summed E-state index contributed by atoms with van der Waals surface area (Å²) in [5, 5.41) is 14.2. The van der Waals surface area contributed by atoms with Crippen molar-refractivity contribution in [2.45, 2.75) is 20.1 Å². The summed E-state index contributed by atoms with van der Waals surface area (Å²) in [6, 6.07) is 15.8. The Labute approximate surface area is 140 Å². The number of nitrogens with zero attached hydrogens (tertiary/aromatic N) is 2. The second-order valence-electron chi connectivity index (χ2n) is 6.29. The summed E-state index contributed by atoms with van der Waals surface area (Å²) in [5.74, 6) is 0.848. The maximum Gasteiger partial charge on any atom is 0.227 e. The zero-order valence-electron chi connectivity index (χ0n) is 13.6. The van der Waals surface area contributed by atoms with Crippen LogP contribution in [0.3, 0.4) is 0 Å². The summed E-state index contributed by atoms with van der Waals surface area (Å²) in [5.41, 5.74) is 7.21. The molecular formula is C19H19N3O2. The van der Waals surface area contributed by atoms with Crippen molar-refractivity contribution in [1.29, 1.82) is 0 Å². The summed E-state index contributed by atoms with van der Waals surface area (Å²) in [4.78, 5) is 4.55. The number of rotatable bonds is 2. The lowest BCUT2D eigenvalue weighted by molar-refractivity contribution is 0.0627. The molecule has 2 heterocycles. The lowest BCUT2D eigenvalue weighted by atomic mass is 9.85. The van der Waals surface area contributed by atoms with Gasteiger partial charge in [-0.3, -0.25) is 5.43 Å². The third kappa shape index (κ3) is 2.47. The maximum absolute atomic E-state index is 9.87. The minimum atomic E-state index is -0.609. The van der Waals surface area contributed by atoms with Gasteiger partial charge in [-0.2, -0.15) is 5.10 Å². The molecule has 4 rings (SSSR count). The van der Waals surface area contributed by atoms with E-state index in [1.54, 1.807) is 0 Å². The number of benzene rings is 2. The Balaban J connectivity index is 1.74. The number of hydrogen-bond donors (Lipinski definition) is 2. The van der Waals surface area contributed by atoms with Gasteiger partial charge < -0.3 is 9.52 Å². The van der Waals surface area contributed by atoms with Crippen molar-refractivity contribution in [2.75, 3.05) is 0 Å². The number of fused-ring (bicyclic) bond motifs is 1. The van der Waals surface area contributed by atoms with Crippen molar-refractivity contribution in [1.82, 2.24) is 10.4 Å². The predicted molar refractivity (Wildman–Crippen MR) is 93.5 cm³/mol. The molecule has 2 N–H and O–H groups in total. The van der Waals surface area contributed by atoms with Crippen LogP contribution in [0, 0.1) is 11.8 Å². The fourth-order valence-electron chi connectivity index (χ4n) is 2.99. The quantitative estimate of drug-likeness (QED) is 0.759. The molecule has 5 nitrogen and oxygen atoms in total. The Bertz CT molecular complexity index is 901. The Kier molecular flexibility index (Phi) is 3.58. The summed E-state index contributed by atoms with van der Waals surface area (Å²) in [7, 11) is 0. The first-order valence-electron chi connectivity index (χ1n) is 8.11. The molecule has 0 aliphatic carbocycles. The van der Waals surface area contributed by atoms with Crippen LogP contribution in [0.25, 0.3) is 22.6 Å². The predicted octanol–water partition coefficient (Wildman–Crippen LogP) is 3.39. The third-order valence-electron chi connectivity index (χ3n) is 4.74. The lowest BCUT2D eigenvalue weighted by Crippen LogP contribution is -2.43. The summed E-state index contributed by atoms with van der Waals surface area (Å²) < 4.78 is 5.93. The van der Waals surface area contributed by atoms with Crippen LogP contribution in [0.4, 0.5) is 0 Å². The van der Waals surface area contributed by atoms with Crippen LogP contribution in [0.1, 0.15) is 19.4 Å². The molecule has 1 aliphatic heterocycles. The molecule has 1 unspecified atom stereocenters. The number of aliphatic hydroxyl groups excluding tert-OH is 1. The summed E-state index contributed by atoms with van der Waals surface area (Å²) in [6.07, 6.45) is -0.609. The second-order valence-corrected chi connectivity index (χ2v) is 6.29. The molecule has 24 heavy (non-hydrogen) atoms. The van der Waals surface area contributed by atoms with E-state index in [2.05, 4.69) is 22.4 Å². The molecule has 1 aliphatic rings. The Morgan fingerprint density at radius 1 is 1.04 bits per heavy atom. The normalized spacial score (nSPS) is 23.8. The van der Waals surface area contributed by atoms with Crippen LogP contribution in [-0.4, -0.2) is 22.0 Å². The Morgan fingerprint density at radius 3 is 2.62 bits per heavy atom. The van der Waals surface area contributed by atoms with Gasteiger partial charge in [-0.25, -0.2) is 4.98 Å². The minimum Gasteiger partial charge on any atom is -0.436 e. The molecule has 5 heteroatoms. The van der Waals surface area contributed by atoms with E-state index in [4.69, 9.17) is 4.42 Å². The van der Waals surface area contributed by atoms with Crippen LogP contribution in [0.15, 0.2) is 58.0 Å². The van der Waals surface area contributed by atoms with Gasteiger partial charge in [-0.05, 0) is 24.3 Å². The van der Waals surface area contributed by atoms with Gasteiger partial charge >= 0.3 is 0 Å². The van der Waals surface area contributed by atoms with E-state index in [9.17, 15) is 5.11 Å². The van der Waals surface area contributed by atoms with Crippen molar-refractivity contribution in [3.8, 4) is 11.5 Å². The molecule has 3 atom stereocenters. The molecule has 0 saturated heterocycles. The summed E-state index contributed by atoms with van der Waals surface area (Å²) in [6.45, 7) is 4.09. The average Bonchev–Trinajstić information content (AvgIpc) is 3.04. The number of nitrogens with one attached hydrogen (secondary N) is 1. The first-order valence-corrected chi connectivity index (χ1v) is 8.11. The highest BCUT2D eigenvalue weighted by Gasteiger charge is 2.29. The van der Waals surface area contributed by atoms with Crippen LogP contribution in [-0.2, 0) is 0 Å². The van der Waals surface area contributed by atoms with E-state index < -0.39 is 6.23 Å². The largest absolute Gasteiger partial charge is 0.436 e. The van der Waals surface area contributed by atoms with Gasteiger partial charge in [0.05, 0.1) is 5.71 Å². The molecule has 0 spiro atoms. The van der Waals surface area contributed by atoms with E-state index in [1.807, 2.05) is 55.5 Å². The molecule has 0 fully saturated rings. The molecule has 0 saturated carbocycles. The molecule has 0 radical (unpaired) electrons. The number of hydrogen-bond acceptors (Lipinski definition) is 5. The molecule has 2 aromatic carbocycles. The van der Waals surface area contributed by atoms with Gasteiger partial charge in [-0.1, -0.05) is 38.1 Å². The van der Waals surface area contributed by atoms with Gasteiger partial charge in [-0.15, -0.1) is 0 Å². The standard InChI is InChI=1S/C19H19N3O2/c1-11-12(2)18(23)22-21-17(11)14-8-9-15-16(10-14)24-19(20-15)13-6-4-3-5-7-13/h3-12,18,22-23H,1-2H3/t11-,12-,18?/m0/s1. The van der Waals surface area contributed by atoms with Gasteiger partial charge in [0.15, 0.2) is 5.58 Å². The van der Waals surface area contributed by atoms with Crippen molar-refractivity contribution < 1.29 is 9.52 Å². The van der Waals surface area contributed by atoms with Gasteiger partial charge in [0.1, 0.15) is 11.7 Å². The SMILES string of the molecule is C[C@@H]1C(c2ccc3nc(-c4ccccc4)oc3c2)=NNC(O)[C@H]1C. The third-order valence-corrected chi connectivity index (χ3v) is 4.74. The number of aliphatic hydroxyl groups is 1. The fourth-order valence-corrected chi connectivity index (χ4v) is 2.99. The molecule has 122 valence electrons. The highest BCUT2D eigenvalue weighted by molar-refractivity contribution is 6.04. The van der Waals surface area contributed by atoms with Gasteiger partial charge in [0.25, 0.3) is 0 Å². The van der Waals surface area contributed by atoms with Crippen molar-refractivity contribution >= 4 is 16.8 Å². The van der Waals surface area contributed by atoms with Crippen molar-refractivity contribution in [2.24, 2.45) is 16.9 Å². The smallest absolute Gasteiger partial charge is 0.227 e. The van der Waals surface area contributed by atoms with E-state index in [-0.39, 0.29) is 11.8 Å². The zero-order valence-corrected chi connectivity index (χ0v) is 13.6. The van der Waals surface area contributed by atoms with Gasteiger partial charge in [0, 0.05) is 23.0 Å². The van der Waals surface area contributed by atoms with Crippen LogP contribution < -0.4 is 5.43 Å². The molecular weight excluding hydrogens is 302 g/mol. The number of hydrazone groups is 1. The maximum atomic E-state index is 9.87. The Hall–Kier alpha value is -2.66. The van der Waals surface area contributed by atoms with Crippen LogP contribution >= 0.6 is 0 Å².